The topological polar surface area (TPSA) is 29.5 Å². The van der Waals surface area contributed by atoms with E-state index in [1.165, 1.54) is 44.5 Å². The van der Waals surface area contributed by atoms with Crippen molar-refractivity contribution in [2.24, 2.45) is 0 Å². The molecular formula is C55H33NO2. The molecule has 0 amide bonds. The molecule has 1 spiro atoms. The molecule has 2 aliphatic carbocycles. The fourth-order valence-electron chi connectivity index (χ4n) is 10.3. The van der Waals surface area contributed by atoms with E-state index in [0.29, 0.717) is 0 Å². The zero-order valence-electron chi connectivity index (χ0n) is 31.3. The van der Waals surface area contributed by atoms with Crippen molar-refractivity contribution in [1.29, 1.82) is 0 Å². The van der Waals surface area contributed by atoms with Gasteiger partial charge in [0.15, 0.2) is 0 Å². The number of nitrogens with zero attached hydrogens (tertiary/aromatic N) is 1. The van der Waals surface area contributed by atoms with Crippen LogP contribution >= 0.6 is 0 Å². The highest BCUT2D eigenvalue weighted by molar-refractivity contribution is 6.23. The van der Waals surface area contributed by atoms with Crippen LogP contribution in [0.1, 0.15) is 22.3 Å². The van der Waals surface area contributed by atoms with Crippen LogP contribution in [-0.4, -0.2) is 0 Å². The zero-order valence-corrected chi connectivity index (χ0v) is 31.3. The summed E-state index contributed by atoms with van der Waals surface area (Å²) in [7, 11) is 0. The van der Waals surface area contributed by atoms with Gasteiger partial charge in [-0.1, -0.05) is 146 Å². The molecule has 2 aromatic heterocycles. The van der Waals surface area contributed by atoms with E-state index >= 15 is 0 Å². The first-order chi connectivity index (χ1) is 28.8. The lowest BCUT2D eigenvalue weighted by Crippen LogP contribution is -2.26. The molecule has 58 heavy (non-hydrogen) atoms. The lowest BCUT2D eigenvalue weighted by atomic mass is 9.70. The number of hydrogen-bond acceptors (Lipinski definition) is 3. The van der Waals surface area contributed by atoms with Crippen LogP contribution in [0, 0.1) is 0 Å². The van der Waals surface area contributed by atoms with Crippen LogP contribution in [0.3, 0.4) is 0 Å². The van der Waals surface area contributed by atoms with Gasteiger partial charge in [0, 0.05) is 38.8 Å². The van der Waals surface area contributed by atoms with Crippen molar-refractivity contribution >= 4 is 60.9 Å². The van der Waals surface area contributed by atoms with Crippen LogP contribution in [-0.2, 0) is 5.41 Å². The minimum Gasteiger partial charge on any atom is -0.456 e. The number of para-hydroxylation sites is 3. The molecule has 0 atom stereocenters. The van der Waals surface area contributed by atoms with Gasteiger partial charge < -0.3 is 13.7 Å². The van der Waals surface area contributed by atoms with Gasteiger partial charge in [-0.25, -0.2) is 0 Å². The van der Waals surface area contributed by atoms with Gasteiger partial charge in [-0.3, -0.25) is 0 Å². The molecule has 0 fully saturated rings. The fraction of sp³-hybridized carbons (Fsp3) is 0.0182. The molecule has 11 aromatic rings. The Morgan fingerprint density at radius 2 is 0.879 bits per heavy atom. The van der Waals surface area contributed by atoms with Gasteiger partial charge in [-0.15, -0.1) is 0 Å². The summed E-state index contributed by atoms with van der Waals surface area (Å²) in [6.45, 7) is 0. The molecule has 0 aliphatic heterocycles. The first kappa shape index (κ1) is 31.6. The van der Waals surface area contributed by atoms with Crippen LogP contribution in [0.4, 0.5) is 17.1 Å². The van der Waals surface area contributed by atoms with Gasteiger partial charge in [0.2, 0.25) is 0 Å². The quantitative estimate of drug-likeness (QED) is 0.180. The predicted molar refractivity (Wildman–Crippen MR) is 237 cm³/mol. The summed E-state index contributed by atoms with van der Waals surface area (Å²) >= 11 is 0. The number of fused-ring (bicyclic) bond motifs is 17. The Labute approximate surface area is 334 Å². The van der Waals surface area contributed by atoms with Gasteiger partial charge in [0.25, 0.3) is 0 Å². The number of benzene rings is 9. The van der Waals surface area contributed by atoms with Crippen LogP contribution < -0.4 is 4.90 Å². The predicted octanol–water partition coefficient (Wildman–Crippen LogP) is 15.0. The summed E-state index contributed by atoms with van der Waals surface area (Å²) in [6.07, 6.45) is 0. The lowest BCUT2D eigenvalue weighted by molar-refractivity contribution is 0.663. The van der Waals surface area contributed by atoms with Crippen LogP contribution in [0.15, 0.2) is 209 Å². The normalized spacial score (nSPS) is 13.3. The van der Waals surface area contributed by atoms with E-state index in [1.807, 2.05) is 12.1 Å². The Morgan fingerprint density at radius 1 is 0.328 bits per heavy atom. The van der Waals surface area contributed by atoms with E-state index < -0.39 is 5.41 Å². The number of rotatable bonds is 4. The summed E-state index contributed by atoms with van der Waals surface area (Å²) in [5.74, 6) is 0. The average molecular weight is 740 g/mol. The summed E-state index contributed by atoms with van der Waals surface area (Å²) < 4.78 is 13.0. The second kappa shape index (κ2) is 11.7. The van der Waals surface area contributed by atoms with E-state index in [1.54, 1.807) is 0 Å². The molecule has 0 radical (unpaired) electrons. The molecule has 9 aromatic carbocycles. The highest BCUT2D eigenvalue weighted by atomic mass is 16.3. The van der Waals surface area contributed by atoms with Crippen molar-refractivity contribution in [3.63, 3.8) is 0 Å². The number of furan rings is 2. The smallest absolute Gasteiger partial charge is 0.147 e. The van der Waals surface area contributed by atoms with Gasteiger partial charge in [-0.05, 0) is 105 Å². The Kier molecular flexibility index (Phi) is 6.37. The molecular weight excluding hydrogens is 707 g/mol. The molecule has 13 rings (SSSR count). The molecule has 0 unspecified atom stereocenters. The minimum atomic E-state index is -0.416. The summed E-state index contributed by atoms with van der Waals surface area (Å²) in [6, 6.07) is 72.5. The highest BCUT2D eigenvalue weighted by Gasteiger charge is 2.51. The van der Waals surface area contributed by atoms with Gasteiger partial charge in [0.1, 0.15) is 22.3 Å². The molecule has 0 bridgehead atoms. The summed E-state index contributed by atoms with van der Waals surface area (Å²) in [5, 5.41) is 4.27. The van der Waals surface area contributed by atoms with Crippen molar-refractivity contribution in [2.45, 2.75) is 5.41 Å². The van der Waals surface area contributed by atoms with Crippen molar-refractivity contribution < 1.29 is 8.83 Å². The number of anilines is 3. The molecule has 3 heteroatoms. The largest absolute Gasteiger partial charge is 0.456 e. The third-order valence-electron chi connectivity index (χ3n) is 12.7. The zero-order chi connectivity index (χ0) is 38.0. The van der Waals surface area contributed by atoms with E-state index in [-0.39, 0.29) is 0 Å². The average Bonchev–Trinajstić information content (AvgIpc) is 4.02. The monoisotopic (exact) mass is 739 g/mol. The second-order valence-corrected chi connectivity index (χ2v) is 15.5. The van der Waals surface area contributed by atoms with Crippen molar-refractivity contribution in [2.75, 3.05) is 4.90 Å². The van der Waals surface area contributed by atoms with Crippen molar-refractivity contribution in [3.05, 3.63) is 222 Å². The molecule has 270 valence electrons. The van der Waals surface area contributed by atoms with E-state index in [2.05, 4.69) is 193 Å². The van der Waals surface area contributed by atoms with Crippen LogP contribution in [0.5, 0.6) is 0 Å². The molecule has 0 N–H and O–H groups in total. The Balaban J connectivity index is 0.976. The highest BCUT2D eigenvalue weighted by Crippen LogP contribution is 2.63. The Morgan fingerprint density at radius 3 is 1.60 bits per heavy atom. The second-order valence-electron chi connectivity index (χ2n) is 15.5. The molecule has 0 saturated heterocycles. The maximum Gasteiger partial charge on any atom is 0.147 e. The lowest BCUT2D eigenvalue weighted by Gasteiger charge is -2.32. The molecule has 2 aliphatic rings. The maximum atomic E-state index is 6.83. The first-order valence-electron chi connectivity index (χ1n) is 19.9. The van der Waals surface area contributed by atoms with Crippen molar-refractivity contribution in [3.8, 4) is 33.4 Å². The van der Waals surface area contributed by atoms with E-state index in [0.717, 1.165) is 72.1 Å². The minimum absolute atomic E-state index is 0.416. The Bertz CT molecular complexity index is 3400. The van der Waals surface area contributed by atoms with Crippen molar-refractivity contribution in [1.82, 2.24) is 0 Å². The fourth-order valence-corrected chi connectivity index (χ4v) is 10.3. The van der Waals surface area contributed by atoms with Crippen LogP contribution in [0.25, 0.3) is 77.3 Å². The third kappa shape index (κ3) is 4.12. The van der Waals surface area contributed by atoms with Crippen LogP contribution in [0.2, 0.25) is 0 Å². The first-order valence-corrected chi connectivity index (χ1v) is 19.9. The van der Waals surface area contributed by atoms with Gasteiger partial charge >= 0.3 is 0 Å². The summed E-state index contributed by atoms with van der Waals surface area (Å²) in [5.41, 5.74) is 19.0. The molecule has 3 nitrogen and oxygen atoms in total. The molecule has 2 heterocycles. The van der Waals surface area contributed by atoms with E-state index in [9.17, 15) is 0 Å². The summed E-state index contributed by atoms with van der Waals surface area (Å²) in [4.78, 5) is 2.38. The van der Waals surface area contributed by atoms with E-state index in [4.69, 9.17) is 8.83 Å². The SMILES string of the molecule is c1ccc(N(c2ccc(-c3cccc4c3oc3c4ccc4oc5ccccc5c43)cc2)c2ccc3c(c2)C2(c4ccccc4-c4ccccc42)c2ccccc2-3)cc1. The third-order valence-corrected chi connectivity index (χ3v) is 12.7. The van der Waals surface area contributed by atoms with Gasteiger partial charge in [-0.2, -0.15) is 0 Å². The number of hydrogen-bond donors (Lipinski definition) is 0. The molecule has 0 saturated carbocycles. The maximum absolute atomic E-state index is 6.83. The van der Waals surface area contributed by atoms with Gasteiger partial charge in [0.05, 0.1) is 10.8 Å². The Hall–Kier alpha value is -7.62. The standard InChI is InChI=1S/C55H33NO2/c1-2-13-35(14-3-1)56(37-29-30-42-41-17-6-10-23-48(41)55(49(42)33-37)46-21-8-4-15-39(46)40-16-5-9-22-47(40)55)36-27-25-34(26-28-36)38-19-12-20-43-44-31-32-51-52(54(44)58-53(38)43)45-18-7-11-24-50(45)57-51/h1-33H.